The number of hydrogen-bond acceptors (Lipinski definition) is 6. The van der Waals surface area contributed by atoms with Crippen LogP contribution >= 0.6 is 11.3 Å². The number of carbonyl (C=O) groups excluding carboxylic acids is 1. The average Bonchev–Trinajstić information content (AvgIpc) is 3.34. The Labute approximate surface area is 185 Å². The van der Waals surface area contributed by atoms with Crippen LogP contribution in [0.4, 0.5) is 0 Å². The van der Waals surface area contributed by atoms with E-state index in [1.54, 1.807) is 0 Å². The van der Waals surface area contributed by atoms with Gasteiger partial charge < -0.3 is 19.5 Å². The Bertz CT molecular complexity index is 1060. The predicted octanol–water partition coefficient (Wildman–Crippen LogP) is 4.17. The van der Waals surface area contributed by atoms with Crippen LogP contribution in [0.25, 0.3) is 10.6 Å². The van der Waals surface area contributed by atoms with E-state index in [1.165, 1.54) is 11.3 Å². The molecule has 7 heteroatoms. The first kappa shape index (κ1) is 20.0. The van der Waals surface area contributed by atoms with Crippen LogP contribution in [-0.4, -0.2) is 47.2 Å². The smallest absolute Gasteiger partial charge is 0.273 e. The van der Waals surface area contributed by atoms with Gasteiger partial charge in [-0.05, 0) is 42.5 Å². The van der Waals surface area contributed by atoms with Crippen LogP contribution in [0.2, 0.25) is 0 Å². The van der Waals surface area contributed by atoms with Crippen LogP contribution in [-0.2, 0) is 0 Å². The maximum atomic E-state index is 13.0. The van der Waals surface area contributed by atoms with Gasteiger partial charge in [-0.3, -0.25) is 4.79 Å². The topological polar surface area (TPSA) is 71.9 Å². The van der Waals surface area contributed by atoms with Crippen LogP contribution < -0.4 is 9.47 Å². The van der Waals surface area contributed by atoms with Gasteiger partial charge in [-0.1, -0.05) is 30.3 Å². The molecule has 0 aliphatic carbocycles. The molecule has 1 amide bonds. The van der Waals surface area contributed by atoms with Crippen LogP contribution in [0.15, 0.2) is 53.9 Å². The number of nitrogens with zero attached hydrogens (tertiary/aromatic N) is 2. The zero-order valence-electron chi connectivity index (χ0n) is 17.1. The van der Waals surface area contributed by atoms with Gasteiger partial charge >= 0.3 is 0 Å². The molecule has 2 aliphatic heterocycles. The van der Waals surface area contributed by atoms with Crippen LogP contribution in [0.5, 0.6) is 11.5 Å². The van der Waals surface area contributed by atoms with Gasteiger partial charge in [0.15, 0.2) is 11.5 Å². The van der Waals surface area contributed by atoms with Crippen molar-refractivity contribution in [1.29, 1.82) is 0 Å². The van der Waals surface area contributed by atoms with E-state index in [-0.39, 0.29) is 11.8 Å². The van der Waals surface area contributed by atoms with Crippen molar-refractivity contribution in [2.24, 2.45) is 5.92 Å². The second kappa shape index (κ2) is 8.69. The molecule has 5 rings (SSSR count). The number of aliphatic hydroxyl groups excluding tert-OH is 1. The van der Waals surface area contributed by atoms with E-state index >= 15 is 0 Å². The number of aromatic nitrogens is 1. The summed E-state index contributed by atoms with van der Waals surface area (Å²) in [4.78, 5) is 19.4. The number of thiazole rings is 1. The monoisotopic (exact) mass is 436 g/mol. The number of aliphatic hydroxyl groups is 1. The van der Waals surface area contributed by atoms with E-state index in [0.717, 1.165) is 34.7 Å². The van der Waals surface area contributed by atoms with Gasteiger partial charge in [-0.2, -0.15) is 0 Å². The Morgan fingerprint density at radius 3 is 2.58 bits per heavy atom. The number of hydrogen-bond donors (Lipinski definition) is 1. The van der Waals surface area contributed by atoms with E-state index in [4.69, 9.17) is 9.47 Å². The first-order valence-corrected chi connectivity index (χ1v) is 11.4. The summed E-state index contributed by atoms with van der Waals surface area (Å²) in [6, 6.07) is 15.5. The molecule has 3 heterocycles. The predicted molar refractivity (Wildman–Crippen MR) is 119 cm³/mol. The molecule has 160 valence electrons. The van der Waals surface area contributed by atoms with Crippen molar-refractivity contribution in [2.45, 2.75) is 18.9 Å². The number of fused-ring (bicyclic) bond motifs is 1. The second-order valence-electron chi connectivity index (χ2n) is 7.88. The molecule has 31 heavy (non-hydrogen) atoms. The number of amides is 1. The third-order valence-electron chi connectivity index (χ3n) is 5.93. The lowest BCUT2D eigenvalue weighted by Gasteiger charge is -2.34. The lowest BCUT2D eigenvalue weighted by molar-refractivity contribution is 0.0459. The van der Waals surface area contributed by atoms with Gasteiger partial charge in [-0.15, -0.1) is 11.3 Å². The van der Waals surface area contributed by atoms with Crippen LogP contribution in [0.3, 0.4) is 0 Å². The van der Waals surface area contributed by atoms with Crippen molar-refractivity contribution in [3.63, 3.8) is 0 Å². The van der Waals surface area contributed by atoms with Gasteiger partial charge in [0.05, 0.1) is 6.10 Å². The Hall–Kier alpha value is -2.90. The largest absolute Gasteiger partial charge is 0.486 e. The zero-order valence-corrected chi connectivity index (χ0v) is 17.9. The molecule has 2 aliphatic rings. The quantitative estimate of drug-likeness (QED) is 0.665. The number of ether oxygens (including phenoxy) is 2. The summed E-state index contributed by atoms with van der Waals surface area (Å²) in [5.74, 6) is 1.57. The van der Waals surface area contributed by atoms with Crippen LogP contribution in [0, 0.1) is 5.92 Å². The molecule has 3 aromatic rings. The molecule has 1 aromatic heterocycles. The minimum atomic E-state index is -0.487. The molecule has 0 saturated carbocycles. The molecule has 1 N–H and O–H groups in total. The van der Waals surface area contributed by atoms with E-state index in [1.807, 2.05) is 58.8 Å². The SMILES string of the molecule is O=C(c1csc(-c2ccc3c(c2)OCCO3)n1)N1CCC(C(O)c2ccccc2)CC1. The summed E-state index contributed by atoms with van der Waals surface area (Å²) in [7, 11) is 0. The number of likely N-dealkylation sites (tertiary alicyclic amines) is 1. The highest BCUT2D eigenvalue weighted by Crippen LogP contribution is 2.36. The molecular weight excluding hydrogens is 412 g/mol. The van der Waals surface area contributed by atoms with E-state index in [2.05, 4.69) is 4.98 Å². The lowest BCUT2D eigenvalue weighted by Crippen LogP contribution is -2.39. The normalized spacial score (nSPS) is 17.4. The highest BCUT2D eigenvalue weighted by atomic mass is 32.1. The van der Waals surface area contributed by atoms with Crippen LogP contribution in [0.1, 0.15) is 35.0 Å². The molecule has 1 unspecified atom stereocenters. The Kier molecular flexibility index (Phi) is 5.61. The van der Waals surface area contributed by atoms with Gasteiger partial charge in [0.2, 0.25) is 0 Å². The summed E-state index contributed by atoms with van der Waals surface area (Å²) in [6.07, 6.45) is 1.07. The molecular formula is C24H24N2O4S. The van der Waals surface area contributed by atoms with Crippen molar-refractivity contribution in [1.82, 2.24) is 9.88 Å². The fourth-order valence-corrected chi connectivity index (χ4v) is 4.97. The van der Waals surface area contributed by atoms with Crippen molar-refractivity contribution in [3.05, 3.63) is 65.2 Å². The van der Waals surface area contributed by atoms with Crippen molar-refractivity contribution in [2.75, 3.05) is 26.3 Å². The maximum Gasteiger partial charge on any atom is 0.273 e. The second-order valence-corrected chi connectivity index (χ2v) is 8.74. The highest BCUT2D eigenvalue weighted by molar-refractivity contribution is 7.13. The van der Waals surface area contributed by atoms with Gasteiger partial charge in [-0.25, -0.2) is 4.98 Å². The molecule has 2 aromatic carbocycles. The zero-order chi connectivity index (χ0) is 21.2. The summed E-state index contributed by atoms with van der Waals surface area (Å²) in [5, 5.41) is 13.3. The van der Waals surface area contributed by atoms with Gasteiger partial charge in [0.1, 0.15) is 23.9 Å². The van der Waals surface area contributed by atoms with Crippen molar-refractivity contribution < 1.29 is 19.4 Å². The molecule has 0 bridgehead atoms. The number of rotatable bonds is 4. The molecule has 1 saturated heterocycles. The van der Waals surface area contributed by atoms with E-state index in [0.29, 0.717) is 37.7 Å². The Balaban J connectivity index is 1.23. The fraction of sp³-hybridized carbons (Fsp3) is 0.333. The summed E-state index contributed by atoms with van der Waals surface area (Å²) >= 11 is 1.45. The minimum absolute atomic E-state index is 0.0484. The molecule has 0 radical (unpaired) electrons. The summed E-state index contributed by atoms with van der Waals surface area (Å²) in [5.41, 5.74) is 2.32. The Morgan fingerprint density at radius 1 is 1.06 bits per heavy atom. The first-order valence-electron chi connectivity index (χ1n) is 10.6. The fourth-order valence-electron chi connectivity index (χ4n) is 4.18. The average molecular weight is 437 g/mol. The van der Waals surface area contributed by atoms with E-state index < -0.39 is 6.10 Å². The third-order valence-corrected chi connectivity index (χ3v) is 6.82. The summed E-state index contributed by atoms with van der Waals surface area (Å²) in [6.45, 7) is 2.35. The number of benzene rings is 2. The standard InChI is InChI=1S/C24H24N2O4S/c27-22(16-4-2-1-3-5-16)17-8-10-26(11-9-17)24(28)19-15-31-23(25-19)18-6-7-20-21(14-18)30-13-12-29-20/h1-7,14-15,17,22,27H,8-13H2. The number of carbonyl (C=O) groups is 1. The van der Waals surface area contributed by atoms with Gasteiger partial charge in [0, 0.05) is 24.0 Å². The lowest BCUT2D eigenvalue weighted by atomic mass is 9.87. The van der Waals surface area contributed by atoms with Gasteiger partial charge in [0.25, 0.3) is 5.91 Å². The minimum Gasteiger partial charge on any atom is -0.486 e. The van der Waals surface area contributed by atoms with Crippen molar-refractivity contribution >= 4 is 17.2 Å². The molecule has 6 nitrogen and oxygen atoms in total. The Morgan fingerprint density at radius 2 is 1.81 bits per heavy atom. The number of piperidine rings is 1. The van der Waals surface area contributed by atoms with Crippen molar-refractivity contribution in [3.8, 4) is 22.1 Å². The first-order chi connectivity index (χ1) is 15.2. The molecule has 0 spiro atoms. The molecule has 1 atom stereocenters. The highest BCUT2D eigenvalue weighted by Gasteiger charge is 2.29. The third kappa shape index (κ3) is 4.16. The maximum absolute atomic E-state index is 13.0. The van der Waals surface area contributed by atoms with E-state index in [9.17, 15) is 9.90 Å². The molecule has 1 fully saturated rings. The summed E-state index contributed by atoms with van der Waals surface area (Å²) < 4.78 is 11.2.